The summed E-state index contributed by atoms with van der Waals surface area (Å²) in [6.45, 7) is 2.19. The summed E-state index contributed by atoms with van der Waals surface area (Å²) in [7, 11) is 0. The Kier molecular flexibility index (Phi) is 6.24. The molecule has 0 aliphatic heterocycles. The molecule has 190 valence electrons. The minimum atomic E-state index is -0.972. The highest BCUT2D eigenvalue weighted by atomic mass is 16.5. The number of carbonyl (C=O) groups is 1. The van der Waals surface area contributed by atoms with Gasteiger partial charge in [-0.3, -0.25) is 5.10 Å². The van der Waals surface area contributed by atoms with Crippen molar-refractivity contribution in [2.24, 2.45) is 5.92 Å². The normalized spacial score (nSPS) is 20.5. The van der Waals surface area contributed by atoms with Crippen LogP contribution in [0.15, 0.2) is 60.9 Å². The number of aromatic nitrogens is 5. The number of ether oxygens (including phenoxy) is 1. The lowest BCUT2D eigenvalue weighted by atomic mass is 9.86. The molecule has 0 saturated heterocycles. The predicted octanol–water partition coefficient (Wildman–Crippen LogP) is 5.97. The highest BCUT2D eigenvalue weighted by Gasteiger charge is 2.45. The van der Waals surface area contributed by atoms with Crippen LogP contribution in [-0.2, 0) is 0 Å². The molecule has 0 amide bonds. The largest absolute Gasteiger partial charge is 0.490 e. The molecule has 0 radical (unpaired) electrons. The van der Waals surface area contributed by atoms with Gasteiger partial charge in [-0.25, -0.2) is 9.48 Å². The van der Waals surface area contributed by atoms with Crippen molar-refractivity contribution in [2.45, 2.75) is 63.4 Å². The third-order valence-corrected chi connectivity index (χ3v) is 7.89. The second-order valence-electron chi connectivity index (χ2n) is 10.3. The monoisotopic (exact) mass is 497 g/mol. The van der Waals surface area contributed by atoms with Gasteiger partial charge in [-0.2, -0.15) is 5.10 Å². The van der Waals surface area contributed by atoms with Gasteiger partial charge in [0, 0.05) is 18.0 Å². The van der Waals surface area contributed by atoms with E-state index in [2.05, 4.69) is 51.7 Å². The maximum Gasteiger partial charge on any atom is 0.339 e. The van der Waals surface area contributed by atoms with Gasteiger partial charge in [-0.15, -0.1) is 5.10 Å². The van der Waals surface area contributed by atoms with Gasteiger partial charge in [0.25, 0.3) is 0 Å². The molecule has 6 rings (SSSR count). The minimum Gasteiger partial charge on any atom is -0.490 e. The van der Waals surface area contributed by atoms with Gasteiger partial charge in [-0.1, -0.05) is 48.7 Å². The second-order valence-corrected chi connectivity index (χ2v) is 10.3. The third kappa shape index (κ3) is 4.75. The van der Waals surface area contributed by atoms with E-state index in [0.717, 1.165) is 34.7 Å². The fraction of sp³-hybridized carbons (Fsp3) is 0.379. The number of nitrogens with zero attached hydrogens (tertiary/aromatic N) is 4. The first-order valence-corrected chi connectivity index (χ1v) is 13.1. The van der Waals surface area contributed by atoms with Gasteiger partial charge < -0.3 is 9.84 Å². The van der Waals surface area contributed by atoms with Gasteiger partial charge in [-0.05, 0) is 67.5 Å². The number of carboxylic acid groups (broad SMARTS) is 1. The number of rotatable bonds is 8. The van der Waals surface area contributed by atoms with Gasteiger partial charge in [0.2, 0.25) is 0 Å². The molecule has 3 atom stereocenters. The Morgan fingerprint density at radius 2 is 1.86 bits per heavy atom. The molecule has 2 aliphatic carbocycles. The summed E-state index contributed by atoms with van der Waals surface area (Å²) in [6.07, 6.45) is 10.6. The summed E-state index contributed by atoms with van der Waals surface area (Å²) in [5, 5.41) is 25.0. The molecule has 0 unspecified atom stereocenters. The molecular formula is C29H31N5O3. The van der Waals surface area contributed by atoms with E-state index in [1.807, 2.05) is 24.3 Å². The molecule has 2 aromatic carbocycles. The van der Waals surface area contributed by atoms with Gasteiger partial charge in [0.05, 0.1) is 29.4 Å². The number of benzene rings is 2. The van der Waals surface area contributed by atoms with Crippen molar-refractivity contribution in [1.29, 1.82) is 0 Å². The van der Waals surface area contributed by atoms with Crippen molar-refractivity contribution in [3.8, 4) is 22.6 Å². The molecule has 8 heteroatoms. The first-order valence-electron chi connectivity index (χ1n) is 13.1. The molecule has 8 nitrogen and oxygen atoms in total. The number of hydrogen-bond acceptors (Lipinski definition) is 5. The van der Waals surface area contributed by atoms with Crippen LogP contribution < -0.4 is 4.74 Å². The van der Waals surface area contributed by atoms with Crippen LogP contribution in [0.2, 0.25) is 0 Å². The summed E-state index contributed by atoms with van der Waals surface area (Å²) in [5.74, 6) is 0.684. The zero-order chi connectivity index (χ0) is 25.4. The fourth-order valence-electron chi connectivity index (χ4n) is 5.78. The summed E-state index contributed by atoms with van der Waals surface area (Å²) >= 11 is 0. The molecule has 0 bridgehead atoms. The van der Waals surface area contributed by atoms with Crippen LogP contribution in [0.5, 0.6) is 5.75 Å². The van der Waals surface area contributed by atoms with E-state index >= 15 is 0 Å². The highest BCUT2D eigenvalue weighted by Crippen LogP contribution is 2.55. The molecule has 2 heterocycles. The predicted molar refractivity (Wildman–Crippen MR) is 139 cm³/mol. The lowest BCUT2D eigenvalue weighted by Gasteiger charge is -2.28. The average molecular weight is 498 g/mol. The Labute approximate surface area is 215 Å². The standard InChI is InChI=1S/C29H31N5O3/c1-18(19-7-3-2-4-8-19)37-23-12-6-10-21(14-23)20-9-5-11-22(13-20)34-28(26(16-31-34)29(35)36)25-15-24(25)27-17-30-33-32-27/h5-6,9-14,16-19,24-25H,2-4,7-8,15H2,1H3,(H,35,36)(H,30,32,33)/t18-,24-,25-/m0/s1. The van der Waals surface area contributed by atoms with Crippen molar-refractivity contribution >= 4 is 5.97 Å². The molecule has 2 aliphatic rings. The summed E-state index contributed by atoms with van der Waals surface area (Å²) in [4.78, 5) is 12.0. The van der Waals surface area contributed by atoms with E-state index in [9.17, 15) is 9.90 Å². The SMILES string of the molecule is C[C@H](Oc1cccc(-c2cccc(-n3ncc(C(=O)O)c3[C@H]3C[C@@H]3c3c[nH]nn3)c2)c1)C1CCCCC1. The highest BCUT2D eigenvalue weighted by molar-refractivity contribution is 5.89. The van der Waals surface area contributed by atoms with E-state index in [-0.39, 0.29) is 23.5 Å². The smallest absolute Gasteiger partial charge is 0.339 e. The van der Waals surface area contributed by atoms with Crippen LogP contribution in [0.1, 0.15) is 79.0 Å². The zero-order valence-corrected chi connectivity index (χ0v) is 20.9. The fourth-order valence-corrected chi connectivity index (χ4v) is 5.78. The van der Waals surface area contributed by atoms with E-state index in [1.54, 1.807) is 10.9 Å². The van der Waals surface area contributed by atoms with E-state index < -0.39 is 5.97 Å². The zero-order valence-electron chi connectivity index (χ0n) is 20.9. The lowest BCUT2D eigenvalue weighted by Crippen LogP contribution is -2.25. The van der Waals surface area contributed by atoms with Crippen LogP contribution in [0.25, 0.3) is 16.8 Å². The number of aromatic carboxylic acids is 1. The summed E-state index contributed by atoms with van der Waals surface area (Å²) in [6, 6.07) is 16.3. The molecule has 2 aromatic heterocycles. The topological polar surface area (TPSA) is 106 Å². The first-order chi connectivity index (χ1) is 18.1. The Balaban J connectivity index is 1.28. The van der Waals surface area contributed by atoms with Crippen molar-refractivity contribution < 1.29 is 14.6 Å². The van der Waals surface area contributed by atoms with E-state index in [1.165, 1.54) is 38.3 Å². The average Bonchev–Trinajstić information content (AvgIpc) is 3.30. The van der Waals surface area contributed by atoms with Crippen molar-refractivity contribution in [1.82, 2.24) is 25.2 Å². The lowest BCUT2D eigenvalue weighted by molar-refractivity contribution is 0.0695. The van der Waals surface area contributed by atoms with Crippen molar-refractivity contribution in [3.63, 3.8) is 0 Å². The van der Waals surface area contributed by atoms with Gasteiger partial charge in [0.1, 0.15) is 11.3 Å². The summed E-state index contributed by atoms with van der Waals surface area (Å²) in [5.41, 5.74) is 4.68. The van der Waals surface area contributed by atoms with Gasteiger partial charge in [0.15, 0.2) is 0 Å². The number of nitrogens with one attached hydrogen (secondary N) is 1. The van der Waals surface area contributed by atoms with E-state index in [4.69, 9.17) is 4.74 Å². The molecule has 2 fully saturated rings. The van der Waals surface area contributed by atoms with Crippen molar-refractivity contribution in [3.05, 3.63) is 77.9 Å². The first kappa shape index (κ1) is 23.5. The summed E-state index contributed by atoms with van der Waals surface area (Å²) < 4.78 is 8.14. The Morgan fingerprint density at radius 1 is 1.08 bits per heavy atom. The van der Waals surface area contributed by atoms with E-state index in [0.29, 0.717) is 11.6 Å². The molecule has 4 aromatic rings. The van der Waals surface area contributed by atoms with Crippen LogP contribution in [-0.4, -0.2) is 42.4 Å². The van der Waals surface area contributed by atoms with Gasteiger partial charge >= 0.3 is 5.97 Å². The Morgan fingerprint density at radius 3 is 2.62 bits per heavy atom. The quantitative estimate of drug-likeness (QED) is 0.310. The van der Waals surface area contributed by atoms with Crippen LogP contribution in [0, 0.1) is 5.92 Å². The Hall–Kier alpha value is -3.94. The minimum absolute atomic E-state index is 0.0281. The van der Waals surface area contributed by atoms with Crippen LogP contribution in [0.3, 0.4) is 0 Å². The molecule has 0 spiro atoms. The second kappa shape index (κ2) is 9.84. The molecule has 2 N–H and O–H groups in total. The molecule has 37 heavy (non-hydrogen) atoms. The van der Waals surface area contributed by atoms with Crippen LogP contribution in [0.4, 0.5) is 0 Å². The number of H-pyrrole nitrogens is 1. The Bertz CT molecular complexity index is 1390. The number of aromatic amines is 1. The maximum absolute atomic E-state index is 12.0. The third-order valence-electron chi connectivity index (χ3n) is 7.89. The van der Waals surface area contributed by atoms with Crippen LogP contribution >= 0.6 is 0 Å². The number of hydrogen-bond donors (Lipinski definition) is 2. The maximum atomic E-state index is 12.0. The van der Waals surface area contributed by atoms with Crippen molar-refractivity contribution in [2.75, 3.05) is 0 Å². The number of carboxylic acids is 1. The molecular weight excluding hydrogens is 466 g/mol. The molecule has 2 saturated carbocycles.